The molecule has 1 fully saturated rings. The SMILES string of the molecule is CNc1nc(N)nc2c1ncn2[C@@H]1O[C@H](COC)[C@@H](OC)[C@@]1(C)F. The van der Waals surface area contributed by atoms with E-state index in [4.69, 9.17) is 19.9 Å². The van der Waals surface area contributed by atoms with E-state index in [0.717, 1.165) is 0 Å². The van der Waals surface area contributed by atoms with Gasteiger partial charge in [0.15, 0.2) is 28.9 Å². The van der Waals surface area contributed by atoms with Crippen LogP contribution in [-0.2, 0) is 14.2 Å². The number of ether oxygens (including phenoxy) is 3. The van der Waals surface area contributed by atoms with Crippen molar-refractivity contribution in [3.8, 4) is 0 Å². The second-order valence-electron chi connectivity index (χ2n) is 5.79. The topological polar surface area (TPSA) is 109 Å². The number of rotatable bonds is 5. The first-order valence-corrected chi connectivity index (χ1v) is 7.48. The lowest BCUT2D eigenvalue weighted by Crippen LogP contribution is -2.42. The highest BCUT2D eigenvalue weighted by atomic mass is 19.1. The van der Waals surface area contributed by atoms with Crippen molar-refractivity contribution in [3.05, 3.63) is 6.33 Å². The van der Waals surface area contributed by atoms with Gasteiger partial charge in [-0.1, -0.05) is 0 Å². The van der Waals surface area contributed by atoms with E-state index >= 15 is 4.39 Å². The zero-order chi connectivity index (χ0) is 17.5. The Bertz CT molecular complexity index is 737. The van der Waals surface area contributed by atoms with Crippen LogP contribution in [0, 0.1) is 0 Å². The van der Waals surface area contributed by atoms with Crippen molar-refractivity contribution in [2.75, 3.05) is 38.9 Å². The van der Waals surface area contributed by atoms with Crippen molar-refractivity contribution < 1.29 is 18.6 Å². The summed E-state index contributed by atoms with van der Waals surface area (Å²) in [4.78, 5) is 12.5. The lowest BCUT2D eigenvalue weighted by molar-refractivity contribution is -0.0631. The van der Waals surface area contributed by atoms with E-state index in [-0.39, 0.29) is 12.6 Å². The van der Waals surface area contributed by atoms with Crippen LogP contribution in [0.25, 0.3) is 11.2 Å². The standard InChI is InChI=1S/C14H21FN6O3/c1-14(15)9(23-4)7(5-22-3)24-12(14)21-6-18-8-10(17-2)19-13(16)20-11(8)21/h6-7,9,12H,5H2,1-4H3,(H3,16,17,19,20)/t7-,9-,12-,14-/m1/s1. The van der Waals surface area contributed by atoms with Gasteiger partial charge in [-0.3, -0.25) is 4.57 Å². The summed E-state index contributed by atoms with van der Waals surface area (Å²) in [7, 11) is 4.67. The monoisotopic (exact) mass is 340 g/mol. The summed E-state index contributed by atoms with van der Waals surface area (Å²) in [5, 5.41) is 2.90. The van der Waals surface area contributed by atoms with Crippen molar-refractivity contribution in [1.82, 2.24) is 19.5 Å². The van der Waals surface area contributed by atoms with Crippen molar-refractivity contribution >= 4 is 22.9 Å². The zero-order valence-corrected chi connectivity index (χ0v) is 14.0. The predicted octanol–water partition coefficient (Wildman–Crippen LogP) is 0.737. The zero-order valence-electron chi connectivity index (χ0n) is 14.0. The average Bonchev–Trinajstić information content (AvgIpc) is 3.04. The minimum absolute atomic E-state index is 0.0592. The van der Waals surface area contributed by atoms with Gasteiger partial charge in [-0.25, -0.2) is 9.37 Å². The van der Waals surface area contributed by atoms with Gasteiger partial charge in [0.25, 0.3) is 0 Å². The Morgan fingerprint density at radius 3 is 2.83 bits per heavy atom. The van der Waals surface area contributed by atoms with E-state index in [9.17, 15) is 0 Å². The Morgan fingerprint density at radius 2 is 2.21 bits per heavy atom. The molecule has 2 aromatic heterocycles. The average molecular weight is 340 g/mol. The number of hydrogen-bond acceptors (Lipinski definition) is 8. The van der Waals surface area contributed by atoms with Crippen LogP contribution < -0.4 is 11.1 Å². The highest BCUT2D eigenvalue weighted by molar-refractivity contribution is 5.84. The molecule has 2 aromatic rings. The Balaban J connectivity index is 2.08. The molecule has 3 rings (SSSR count). The molecule has 0 aliphatic carbocycles. The summed E-state index contributed by atoms with van der Waals surface area (Å²) in [6.45, 7) is 1.64. The van der Waals surface area contributed by atoms with Crippen LogP contribution in [0.3, 0.4) is 0 Å². The first-order valence-electron chi connectivity index (χ1n) is 7.48. The number of nitrogen functional groups attached to an aromatic ring is 1. The smallest absolute Gasteiger partial charge is 0.224 e. The fourth-order valence-corrected chi connectivity index (χ4v) is 3.16. The summed E-state index contributed by atoms with van der Waals surface area (Å²) in [5.74, 6) is 0.524. The summed E-state index contributed by atoms with van der Waals surface area (Å²) in [5.41, 5.74) is 4.79. The lowest BCUT2D eigenvalue weighted by atomic mass is 9.98. The molecule has 0 spiro atoms. The summed E-state index contributed by atoms with van der Waals surface area (Å²) in [6.07, 6.45) is -0.862. The van der Waals surface area contributed by atoms with E-state index < -0.39 is 24.1 Å². The van der Waals surface area contributed by atoms with Gasteiger partial charge in [0, 0.05) is 21.3 Å². The third kappa shape index (κ3) is 2.46. The van der Waals surface area contributed by atoms with Gasteiger partial charge in [-0.15, -0.1) is 0 Å². The highest BCUT2D eigenvalue weighted by Gasteiger charge is 2.56. The number of hydrogen-bond donors (Lipinski definition) is 2. The number of anilines is 2. The molecule has 0 radical (unpaired) electrons. The number of aromatic nitrogens is 4. The number of nitrogens with two attached hydrogens (primary N) is 1. The second-order valence-corrected chi connectivity index (χ2v) is 5.79. The maximum atomic E-state index is 15.4. The summed E-state index contributed by atoms with van der Waals surface area (Å²) < 4.78 is 33.2. The van der Waals surface area contributed by atoms with Gasteiger partial charge < -0.3 is 25.3 Å². The van der Waals surface area contributed by atoms with Crippen molar-refractivity contribution in [3.63, 3.8) is 0 Å². The number of nitrogens with one attached hydrogen (secondary N) is 1. The Hall–Kier alpha value is -2.04. The Labute approximate surface area is 138 Å². The van der Waals surface area contributed by atoms with Crippen LogP contribution in [0.5, 0.6) is 0 Å². The molecule has 24 heavy (non-hydrogen) atoms. The minimum atomic E-state index is -1.81. The van der Waals surface area contributed by atoms with Gasteiger partial charge in [0.1, 0.15) is 12.2 Å². The summed E-state index contributed by atoms with van der Waals surface area (Å²) >= 11 is 0. The normalized spacial score (nSPS) is 30.1. The largest absolute Gasteiger partial charge is 0.382 e. The number of nitrogens with zero attached hydrogens (tertiary/aromatic N) is 4. The number of halogens is 1. The quantitative estimate of drug-likeness (QED) is 0.820. The van der Waals surface area contributed by atoms with Gasteiger partial charge in [0.2, 0.25) is 5.95 Å². The molecule has 132 valence electrons. The molecular weight excluding hydrogens is 319 g/mol. The molecule has 0 saturated carbocycles. The number of alkyl halides is 1. The molecule has 0 bridgehead atoms. The van der Waals surface area contributed by atoms with Gasteiger partial charge in [-0.05, 0) is 6.92 Å². The van der Waals surface area contributed by atoms with Crippen molar-refractivity contribution in [1.29, 1.82) is 0 Å². The van der Waals surface area contributed by atoms with E-state index in [1.165, 1.54) is 32.0 Å². The van der Waals surface area contributed by atoms with Crippen LogP contribution in [0.15, 0.2) is 6.33 Å². The van der Waals surface area contributed by atoms with E-state index in [2.05, 4.69) is 20.3 Å². The molecule has 0 amide bonds. The molecule has 4 atom stereocenters. The molecule has 3 heterocycles. The molecule has 0 unspecified atom stereocenters. The number of methoxy groups -OCH3 is 2. The number of imidazole rings is 1. The van der Waals surface area contributed by atoms with Crippen LogP contribution >= 0.6 is 0 Å². The molecule has 1 aliphatic heterocycles. The van der Waals surface area contributed by atoms with Gasteiger partial charge in [-0.2, -0.15) is 9.97 Å². The maximum Gasteiger partial charge on any atom is 0.224 e. The second kappa shape index (κ2) is 6.11. The fraction of sp³-hybridized carbons (Fsp3) is 0.643. The maximum absolute atomic E-state index is 15.4. The lowest BCUT2D eigenvalue weighted by Gasteiger charge is -2.26. The fourth-order valence-electron chi connectivity index (χ4n) is 3.16. The molecule has 0 aromatic carbocycles. The third-order valence-electron chi connectivity index (χ3n) is 4.19. The van der Waals surface area contributed by atoms with E-state index in [1.807, 2.05) is 0 Å². The molecule has 3 N–H and O–H groups in total. The van der Waals surface area contributed by atoms with Gasteiger partial charge in [0.05, 0.1) is 12.9 Å². The predicted molar refractivity (Wildman–Crippen MR) is 85.4 cm³/mol. The van der Waals surface area contributed by atoms with E-state index in [0.29, 0.717) is 17.0 Å². The molecule has 1 saturated heterocycles. The molecule has 9 nitrogen and oxygen atoms in total. The minimum Gasteiger partial charge on any atom is -0.382 e. The first-order chi connectivity index (χ1) is 11.4. The van der Waals surface area contributed by atoms with Crippen LogP contribution in [0.1, 0.15) is 13.2 Å². The van der Waals surface area contributed by atoms with Gasteiger partial charge >= 0.3 is 0 Å². The van der Waals surface area contributed by atoms with E-state index in [1.54, 1.807) is 7.05 Å². The summed E-state index contributed by atoms with van der Waals surface area (Å²) in [6, 6.07) is 0. The number of fused-ring (bicyclic) bond motifs is 1. The first kappa shape index (κ1) is 16.8. The molecular formula is C14H21FN6O3. The third-order valence-corrected chi connectivity index (χ3v) is 4.19. The Morgan fingerprint density at radius 1 is 1.46 bits per heavy atom. The van der Waals surface area contributed by atoms with Crippen LogP contribution in [0.2, 0.25) is 0 Å². The van der Waals surface area contributed by atoms with Crippen LogP contribution in [-0.4, -0.2) is 65.3 Å². The molecule has 1 aliphatic rings. The highest BCUT2D eigenvalue weighted by Crippen LogP contribution is 2.44. The van der Waals surface area contributed by atoms with Crippen LogP contribution in [0.4, 0.5) is 16.2 Å². The molecule has 10 heteroatoms. The van der Waals surface area contributed by atoms with Crippen molar-refractivity contribution in [2.24, 2.45) is 0 Å². The van der Waals surface area contributed by atoms with Crippen molar-refractivity contribution in [2.45, 2.75) is 31.0 Å². The Kier molecular flexibility index (Phi) is 4.28.